The summed E-state index contributed by atoms with van der Waals surface area (Å²) >= 11 is 12.0. The van der Waals surface area contributed by atoms with Crippen LogP contribution in [0.15, 0.2) is 66.7 Å². The number of carboxylic acids is 1. The quantitative estimate of drug-likeness (QED) is 0.159. The molecule has 3 rings (SSSR count). The van der Waals surface area contributed by atoms with Gasteiger partial charge in [-0.2, -0.15) is 0 Å². The fraction of sp³-hybridized carbons (Fsp3) is 0.333. The number of carbonyl (C=O) groups excluding carboxylic acids is 1. The molecule has 44 heavy (non-hydrogen) atoms. The minimum atomic E-state index is -4.95. The summed E-state index contributed by atoms with van der Waals surface area (Å²) in [5.74, 6) is -1.15. The fourth-order valence-electron chi connectivity index (χ4n) is 3.98. The molecule has 0 saturated carbocycles. The standard InChI is InChI=1S/C30H31Cl2F3N2O7/c1-2-42-27(28(38)39)17-20-7-9-24(10-8-20)43-14-12-37(11-13-41-19-21-15-22(31)18-23(32)16-21)29(40)36-25-5-3-4-6-26(25)44-30(33,34)35/h3-10,15-16,18,27H,2,11-14,17,19H2,1H3,(H,36,40)(H,38,39). The smallest absolute Gasteiger partial charge is 0.492 e. The van der Waals surface area contributed by atoms with E-state index in [0.717, 1.165) is 17.2 Å². The van der Waals surface area contributed by atoms with Crippen LogP contribution in [0.2, 0.25) is 10.0 Å². The molecule has 0 heterocycles. The van der Waals surface area contributed by atoms with Gasteiger partial charge < -0.3 is 34.3 Å². The summed E-state index contributed by atoms with van der Waals surface area (Å²) < 4.78 is 59.3. The Morgan fingerprint density at radius 2 is 1.61 bits per heavy atom. The third-order valence-corrected chi connectivity index (χ3v) is 6.39. The Hall–Kier alpha value is -3.71. The number of nitrogens with zero attached hydrogens (tertiary/aromatic N) is 1. The number of urea groups is 1. The predicted molar refractivity (Wildman–Crippen MR) is 159 cm³/mol. The number of anilines is 1. The fourth-order valence-corrected chi connectivity index (χ4v) is 4.55. The predicted octanol–water partition coefficient (Wildman–Crippen LogP) is 7.05. The molecule has 3 aromatic carbocycles. The third kappa shape index (κ3) is 12.1. The maximum atomic E-state index is 13.2. The van der Waals surface area contributed by atoms with Crippen molar-refractivity contribution in [1.82, 2.24) is 4.90 Å². The molecular formula is C30H31Cl2F3N2O7. The lowest BCUT2D eigenvalue weighted by atomic mass is 10.1. The topological polar surface area (TPSA) is 107 Å². The van der Waals surface area contributed by atoms with Crippen molar-refractivity contribution in [3.05, 3.63) is 87.9 Å². The van der Waals surface area contributed by atoms with Gasteiger partial charge in [0.25, 0.3) is 0 Å². The average Bonchev–Trinajstić information content (AvgIpc) is 2.94. The second-order valence-electron chi connectivity index (χ2n) is 9.27. The molecule has 0 fully saturated rings. The van der Waals surface area contributed by atoms with Gasteiger partial charge in [0.2, 0.25) is 0 Å². The van der Waals surface area contributed by atoms with E-state index in [1.165, 1.54) is 23.1 Å². The van der Waals surface area contributed by atoms with E-state index < -0.39 is 30.2 Å². The number of carboxylic acid groups (broad SMARTS) is 1. The van der Waals surface area contributed by atoms with Gasteiger partial charge in [0.1, 0.15) is 12.4 Å². The van der Waals surface area contributed by atoms with Crippen LogP contribution in [0, 0.1) is 0 Å². The van der Waals surface area contributed by atoms with Gasteiger partial charge in [-0.1, -0.05) is 47.5 Å². The Morgan fingerprint density at radius 1 is 0.955 bits per heavy atom. The number of carbonyl (C=O) groups is 2. The third-order valence-electron chi connectivity index (χ3n) is 5.96. The number of para-hydroxylation sites is 2. The molecule has 0 aromatic heterocycles. The first-order valence-electron chi connectivity index (χ1n) is 13.4. The number of nitrogens with one attached hydrogen (secondary N) is 1. The lowest BCUT2D eigenvalue weighted by Gasteiger charge is -2.24. The normalized spacial score (nSPS) is 12.0. The largest absolute Gasteiger partial charge is 0.573 e. The SMILES string of the molecule is CCOC(Cc1ccc(OCCN(CCOCc2cc(Cl)cc(Cl)c2)C(=O)Nc2ccccc2OC(F)(F)F)cc1)C(=O)O. The van der Waals surface area contributed by atoms with E-state index in [4.69, 9.17) is 37.4 Å². The molecular weight excluding hydrogens is 628 g/mol. The molecule has 3 aromatic rings. The first-order chi connectivity index (χ1) is 20.9. The molecule has 0 saturated heterocycles. The molecule has 14 heteroatoms. The van der Waals surface area contributed by atoms with Crippen LogP contribution in [0.25, 0.3) is 0 Å². The molecule has 0 aliphatic carbocycles. The summed E-state index contributed by atoms with van der Waals surface area (Å²) in [5, 5.41) is 12.6. The highest BCUT2D eigenvalue weighted by Crippen LogP contribution is 2.30. The van der Waals surface area contributed by atoms with Crippen molar-refractivity contribution in [2.45, 2.75) is 32.4 Å². The van der Waals surface area contributed by atoms with Crippen LogP contribution in [0.3, 0.4) is 0 Å². The molecule has 1 atom stereocenters. The van der Waals surface area contributed by atoms with Crippen molar-refractivity contribution in [1.29, 1.82) is 0 Å². The number of aliphatic carboxylic acids is 1. The van der Waals surface area contributed by atoms with E-state index in [9.17, 15) is 27.9 Å². The highest BCUT2D eigenvalue weighted by atomic mass is 35.5. The molecule has 2 amide bonds. The van der Waals surface area contributed by atoms with Gasteiger partial charge in [-0.3, -0.25) is 0 Å². The molecule has 1 unspecified atom stereocenters. The van der Waals surface area contributed by atoms with Crippen LogP contribution in [0.4, 0.5) is 23.7 Å². The zero-order valence-corrected chi connectivity index (χ0v) is 25.1. The highest BCUT2D eigenvalue weighted by molar-refractivity contribution is 6.34. The zero-order chi connectivity index (χ0) is 32.1. The highest BCUT2D eigenvalue weighted by Gasteiger charge is 2.32. The zero-order valence-electron chi connectivity index (χ0n) is 23.6. The molecule has 238 valence electrons. The Morgan fingerprint density at radius 3 is 2.25 bits per heavy atom. The van der Waals surface area contributed by atoms with Crippen molar-refractivity contribution in [2.75, 3.05) is 38.2 Å². The van der Waals surface area contributed by atoms with Crippen LogP contribution < -0.4 is 14.8 Å². The van der Waals surface area contributed by atoms with Crippen molar-refractivity contribution < 1.29 is 46.8 Å². The minimum Gasteiger partial charge on any atom is -0.492 e. The summed E-state index contributed by atoms with van der Waals surface area (Å²) in [5.41, 5.74) is 1.29. The number of rotatable bonds is 16. The Balaban J connectivity index is 1.63. The van der Waals surface area contributed by atoms with Crippen LogP contribution in [0.1, 0.15) is 18.1 Å². The maximum Gasteiger partial charge on any atom is 0.573 e. The van der Waals surface area contributed by atoms with Gasteiger partial charge in [-0.15, -0.1) is 13.2 Å². The molecule has 0 aliphatic heterocycles. The van der Waals surface area contributed by atoms with Crippen LogP contribution in [-0.2, 0) is 27.3 Å². The van der Waals surface area contributed by atoms with E-state index in [1.54, 1.807) is 49.4 Å². The maximum absolute atomic E-state index is 13.2. The second-order valence-corrected chi connectivity index (χ2v) is 10.1. The number of halogens is 5. The van der Waals surface area contributed by atoms with E-state index in [0.29, 0.717) is 15.8 Å². The Labute approximate surface area is 262 Å². The van der Waals surface area contributed by atoms with Crippen molar-refractivity contribution in [2.24, 2.45) is 0 Å². The minimum absolute atomic E-state index is 0.0358. The van der Waals surface area contributed by atoms with Gasteiger partial charge in [0.15, 0.2) is 11.9 Å². The number of amides is 2. The van der Waals surface area contributed by atoms with Crippen LogP contribution in [-0.4, -0.2) is 67.4 Å². The van der Waals surface area contributed by atoms with E-state index in [2.05, 4.69) is 10.1 Å². The van der Waals surface area contributed by atoms with Crippen LogP contribution >= 0.6 is 23.2 Å². The van der Waals surface area contributed by atoms with E-state index in [1.807, 2.05) is 0 Å². The molecule has 0 aliphatic rings. The second kappa shape index (κ2) is 17.0. The van der Waals surface area contributed by atoms with Crippen molar-refractivity contribution in [3.8, 4) is 11.5 Å². The number of benzene rings is 3. The summed E-state index contributed by atoms with van der Waals surface area (Å²) in [6, 6.07) is 16.2. The van der Waals surface area contributed by atoms with Crippen molar-refractivity contribution >= 4 is 40.9 Å². The molecule has 0 spiro atoms. The first kappa shape index (κ1) is 34.8. The lowest BCUT2D eigenvalue weighted by Crippen LogP contribution is -2.40. The molecule has 0 bridgehead atoms. The summed E-state index contributed by atoms with van der Waals surface area (Å²) in [7, 11) is 0. The van der Waals surface area contributed by atoms with Crippen LogP contribution in [0.5, 0.6) is 11.5 Å². The van der Waals surface area contributed by atoms with Gasteiger partial charge in [-0.25, -0.2) is 9.59 Å². The number of alkyl halides is 3. The number of ether oxygens (including phenoxy) is 4. The van der Waals surface area contributed by atoms with E-state index >= 15 is 0 Å². The first-order valence-corrected chi connectivity index (χ1v) is 14.2. The number of hydrogen-bond donors (Lipinski definition) is 2. The van der Waals surface area contributed by atoms with Gasteiger partial charge in [0.05, 0.1) is 25.4 Å². The average molecular weight is 659 g/mol. The lowest BCUT2D eigenvalue weighted by molar-refractivity contribution is -0.274. The monoisotopic (exact) mass is 658 g/mol. The molecule has 2 N–H and O–H groups in total. The van der Waals surface area contributed by atoms with Gasteiger partial charge >= 0.3 is 18.4 Å². The molecule has 0 radical (unpaired) electrons. The van der Waals surface area contributed by atoms with E-state index in [-0.39, 0.29) is 51.6 Å². The van der Waals surface area contributed by atoms with Gasteiger partial charge in [-0.05, 0) is 60.5 Å². The summed E-state index contributed by atoms with van der Waals surface area (Å²) in [4.78, 5) is 25.8. The molecule has 9 nitrogen and oxygen atoms in total. The summed E-state index contributed by atoms with van der Waals surface area (Å²) in [6.45, 7) is 2.38. The summed E-state index contributed by atoms with van der Waals surface area (Å²) in [6.07, 6.45) is -5.74. The Kier molecular flexibility index (Phi) is 13.4. The number of hydrogen-bond acceptors (Lipinski definition) is 6. The Bertz CT molecular complexity index is 1360. The van der Waals surface area contributed by atoms with Gasteiger partial charge in [0, 0.05) is 29.6 Å². The van der Waals surface area contributed by atoms with Crippen molar-refractivity contribution in [3.63, 3.8) is 0 Å².